The Morgan fingerprint density at radius 1 is 1.03 bits per heavy atom. The van der Waals surface area contributed by atoms with Gasteiger partial charge in [0, 0.05) is 29.7 Å². The third-order valence-electron chi connectivity index (χ3n) is 8.23. The Kier molecular flexibility index (Phi) is 6.06. The zero-order valence-electron chi connectivity index (χ0n) is 20.2. The average Bonchev–Trinajstić information content (AvgIpc) is 3.22. The molecule has 0 bridgehead atoms. The van der Waals surface area contributed by atoms with Gasteiger partial charge in [-0.05, 0) is 91.1 Å². The van der Waals surface area contributed by atoms with Crippen LogP contribution in [0.3, 0.4) is 0 Å². The molecule has 1 saturated carbocycles. The van der Waals surface area contributed by atoms with E-state index in [4.69, 9.17) is 0 Å². The van der Waals surface area contributed by atoms with Gasteiger partial charge in [-0.15, -0.1) is 0 Å². The molecule has 0 saturated heterocycles. The lowest BCUT2D eigenvalue weighted by Gasteiger charge is -2.39. The van der Waals surface area contributed by atoms with Crippen LogP contribution in [0.5, 0.6) is 5.75 Å². The van der Waals surface area contributed by atoms with Gasteiger partial charge < -0.3 is 9.67 Å². The molecule has 182 valence electrons. The minimum absolute atomic E-state index is 0.0868. The van der Waals surface area contributed by atoms with Gasteiger partial charge in [0.25, 0.3) is 5.91 Å². The number of rotatable bonds is 5. The highest BCUT2D eigenvalue weighted by Gasteiger charge is 2.35. The van der Waals surface area contributed by atoms with E-state index in [-0.39, 0.29) is 11.7 Å². The number of amides is 1. The number of hydrogen-bond donors (Lipinski definition) is 2. The van der Waals surface area contributed by atoms with Crippen molar-refractivity contribution in [3.8, 4) is 5.75 Å². The van der Waals surface area contributed by atoms with Crippen molar-refractivity contribution in [2.75, 3.05) is 13.1 Å². The topological polar surface area (TPSA) is 69.9 Å². The molecular weight excluding hydrogens is 436 g/mol. The fraction of sp³-hybridized carbons (Fsp3) is 0.448. The van der Waals surface area contributed by atoms with Crippen molar-refractivity contribution in [3.63, 3.8) is 0 Å². The molecule has 2 aliphatic carbocycles. The van der Waals surface area contributed by atoms with Crippen molar-refractivity contribution >= 4 is 23.0 Å². The summed E-state index contributed by atoms with van der Waals surface area (Å²) in [6.45, 7) is 2.15. The fourth-order valence-electron chi connectivity index (χ4n) is 6.53. The SMILES string of the molecule is O=C(CN1CCn2c3c(c4cc(C5CCCCC5)ccc42)CCC[C@H]31)N/N=C\c1ccc(O)cc1. The summed E-state index contributed by atoms with van der Waals surface area (Å²) in [6, 6.07) is 14.3. The van der Waals surface area contributed by atoms with Crippen molar-refractivity contribution in [2.24, 2.45) is 5.10 Å². The standard InChI is InChI=1S/C29H34N4O2/c34-23-12-9-20(10-13-23)18-30-31-28(35)19-32-15-16-33-26-14-11-22(21-5-2-1-3-6-21)17-25(26)24-7-4-8-27(32)29(24)33/h9-14,17-18,21,27,34H,1-8,15-16,19H2,(H,31,35)/b30-18-/t27-/m1/s1. The summed E-state index contributed by atoms with van der Waals surface area (Å²) in [4.78, 5) is 15.0. The zero-order valence-corrected chi connectivity index (χ0v) is 20.2. The molecule has 6 heteroatoms. The van der Waals surface area contributed by atoms with E-state index < -0.39 is 0 Å². The zero-order chi connectivity index (χ0) is 23.8. The number of carbonyl (C=O) groups is 1. The molecule has 0 spiro atoms. The number of hydrogen-bond acceptors (Lipinski definition) is 4. The highest BCUT2D eigenvalue weighted by molar-refractivity contribution is 5.87. The van der Waals surface area contributed by atoms with Gasteiger partial charge in [-0.1, -0.05) is 25.3 Å². The Hall–Kier alpha value is -3.12. The minimum atomic E-state index is -0.0868. The Labute approximate surface area is 206 Å². The Balaban J connectivity index is 1.20. The second kappa shape index (κ2) is 9.50. The van der Waals surface area contributed by atoms with Crippen molar-refractivity contribution in [2.45, 2.75) is 69.9 Å². The molecule has 6 rings (SSSR count). The number of carbonyl (C=O) groups excluding carboxylic acids is 1. The van der Waals surface area contributed by atoms with Crippen LogP contribution in [-0.2, 0) is 17.8 Å². The van der Waals surface area contributed by atoms with E-state index >= 15 is 0 Å². The molecule has 6 nitrogen and oxygen atoms in total. The maximum absolute atomic E-state index is 12.7. The average molecular weight is 471 g/mol. The summed E-state index contributed by atoms with van der Waals surface area (Å²) in [6.07, 6.45) is 11.8. The molecule has 2 aromatic carbocycles. The third-order valence-corrected chi connectivity index (χ3v) is 8.23. The molecule has 35 heavy (non-hydrogen) atoms. The fourth-order valence-corrected chi connectivity index (χ4v) is 6.53. The van der Waals surface area contributed by atoms with E-state index in [9.17, 15) is 9.90 Å². The predicted molar refractivity (Wildman–Crippen MR) is 139 cm³/mol. The van der Waals surface area contributed by atoms with Crippen LogP contribution in [-0.4, -0.2) is 39.8 Å². The molecule has 3 aliphatic rings. The molecule has 0 radical (unpaired) electrons. The van der Waals surface area contributed by atoms with Gasteiger partial charge in [0.1, 0.15) is 5.75 Å². The van der Waals surface area contributed by atoms with Crippen molar-refractivity contribution < 1.29 is 9.90 Å². The van der Waals surface area contributed by atoms with Crippen LogP contribution in [0.4, 0.5) is 0 Å². The molecule has 1 aliphatic heterocycles. The Morgan fingerprint density at radius 2 is 1.86 bits per heavy atom. The van der Waals surface area contributed by atoms with E-state index in [1.54, 1.807) is 30.5 Å². The van der Waals surface area contributed by atoms with Crippen LogP contribution < -0.4 is 5.43 Å². The van der Waals surface area contributed by atoms with Crippen molar-refractivity contribution in [3.05, 3.63) is 64.8 Å². The van der Waals surface area contributed by atoms with Crippen LogP contribution in [0.25, 0.3) is 10.9 Å². The molecule has 0 unspecified atom stereocenters. The first-order valence-electron chi connectivity index (χ1n) is 13.2. The first-order chi connectivity index (χ1) is 17.2. The maximum atomic E-state index is 12.7. The van der Waals surface area contributed by atoms with Crippen LogP contribution in [0, 0.1) is 0 Å². The number of nitrogens with zero attached hydrogens (tertiary/aromatic N) is 3. The van der Waals surface area contributed by atoms with Crippen LogP contribution in [0.2, 0.25) is 0 Å². The van der Waals surface area contributed by atoms with Crippen LogP contribution >= 0.6 is 0 Å². The monoisotopic (exact) mass is 470 g/mol. The summed E-state index contributed by atoms with van der Waals surface area (Å²) in [5.41, 5.74) is 9.38. The van der Waals surface area contributed by atoms with Crippen LogP contribution in [0.15, 0.2) is 47.6 Å². The largest absolute Gasteiger partial charge is 0.508 e. The van der Waals surface area contributed by atoms with E-state index in [0.717, 1.165) is 37.4 Å². The van der Waals surface area contributed by atoms with Gasteiger partial charge in [0.2, 0.25) is 0 Å². The molecule has 1 amide bonds. The summed E-state index contributed by atoms with van der Waals surface area (Å²) in [5.74, 6) is 0.848. The number of phenolic OH excluding ortho intramolecular Hbond substituents is 1. The highest BCUT2D eigenvalue weighted by Crippen LogP contribution is 2.44. The first-order valence-corrected chi connectivity index (χ1v) is 13.2. The number of aromatic hydroxyl groups is 1. The Bertz CT molecular complexity index is 1250. The third kappa shape index (κ3) is 4.36. The molecule has 2 heterocycles. The molecule has 3 aromatic rings. The van der Waals surface area contributed by atoms with E-state index in [0.29, 0.717) is 12.6 Å². The summed E-state index contributed by atoms with van der Waals surface area (Å²) in [7, 11) is 0. The van der Waals surface area contributed by atoms with E-state index in [2.05, 4.69) is 38.2 Å². The minimum Gasteiger partial charge on any atom is -0.508 e. The first kappa shape index (κ1) is 22.4. The number of benzene rings is 2. The van der Waals surface area contributed by atoms with E-state index in [1.807, 2.05) is 0 Å². The second-order valence-electron chi connectivity index (χ2n) is 10.4. The van der Waals surface area contributed by atoms with Crippen molar-refractivity contribution in [1.29, 1.82) is 0 Å². The van der Waals surface area contributed by atoms with Crippen LogP contribution in [0.1, 0.15) is 79.3 Å². The lowest BCUT2D eigenvalue weighted by Crippen LogP contribution is -2.44. The molecule has 1 aromatic heterocycles. The van der Waals surface area contributed by atoms with Gasteiger partial charge in [0.05, 0.1) is 18.8 Å². The number of phenols is 1. The Morgan fingerprint density at radius 3 is 2.69 bits per heavy atom. The second-order valence-corrected chi connectivity index (χ2v) is 10.4. The summed E-state index contributed by atoms with van der Waals surface area (Å²) >= 11 is 0. The van der Waals surface area contributed by atoms with Gasteiger partial charge in [-0.2, -0.15) is 5.10 Å². The van der Waals surface area contributed by atoms with Gasteiger partial charge in [0.15, 0.2) is 0 Å². The van der Waals surface area contributed by atoms with E-state index in [1.165, 1.54) is 66.2 Å². The number of aryl methyl sites for hydroxylation is 1. The molecular formula is C29H34N4O2. The number of nitrogens with one attached hydrogen (secondary N) is 1. The number of aromatic nitrogens is 1. The highest BCUT2D eigenvalue weighted by atomic mass is 16.3. The van der Waals surface area contributed by atoms with Crippen molar-refractivity contribution in [1.82, 2.24) is 14.9 Å². The summed E-state index contributed by atoms with van der Waals surface area (Å²) in [5, 5.41) is 15.0. The van der Waals surface area contributed by atoms with Gasteiger partial charge in [-0.25, -0.2) is 5.43 Å². The lowest BCUT2D eigenvalue weighted by molar-refractivity contribution is -0.123. The molecule has 1 atom stereocenters. The maximum Gasteiger partial charge on any atom is 0.254 e. The van der Waals surface area contributed by atoms with Gasteiger partial charge >= 0.3 is 0 Å². The number of fused-ring (bicyclic) bond motifs is 3. The summed E-state index contributed by atoms with van der Waals surface area (Å²) < 4.78 is 2.54. The number of hydrazone groups is 1. The predicted octanol–water partition coefficient (Wildman–Crippen LogP) is 5.24. The quantitative estimate of drug-likeness (QED) is 0.396. The normalized spacial score (nSPS) is 20.9. The smallest absolute Gasteiger partial charge is 0.254 e. The van der Waals surface area contributed by atoms with Gasteiger partial charge in [-0.3, -0.25) is 9.69 Å². The lowest BCUT2D eigenvalue weighted by atomic mass is 9.83. The molecule has 1 fully saturated rings. The molecule has 2 N–H and O–H groups in total.